The molecule has 1 aliphatic rings. The quantitative estimate of drug-likeness (QED) is 0.623. The second kappa shape index (κ2) is 2.99. The van der Waals surface area contributed by atoms with E-state index in [4.69, 9.17) is 0 Å². The average molecular weight is 188 g/mol. The van der Waals surface area contributed by atoms with Crippen LogP contribution in [0, 0.1) is 0 Å². The van der Waals surface area contributed by atoms with Crippen LogP contribution in [0.5, 0.6) is 0 Å². The average Bonchev–Trinajstić information content (AvgIpc) is 2.04. The Hall–Kier alpha value is -0.680. The monoisotopic (exact) mass is 188 g/mol. The van der Waals surface area contributed by atoms with Gasteiger partial charge in [0.2, 0.25) is 9.84 Å². The number of hydrogen-bond donors (Lipinski definition) is 0. The number of hydrogen-bond acceptors (Lipinski definition) is 4. The summed E-state index contributed by atoms with van der Waals surface area (Å²) in [6.07, 6.45) is 0. The van der Waals surface area contributed by atoms with E-state index in [2.05, 4.69) is 4.99 Å². The summed E-state index contributed by atoms with van der Waals surface area (Å²) in [6.45, 7) is 2.07. The topological polar surface area (TPSA) is 49.7 Å². The Morgan fingerprint density at radius 1 is 1.50 bits per heavy atom. The van der Waals surface area contributed by atoms with Crippen molar-refractivity contribution in [2.24, 2.45) is 4.99 Å². The van der Waals surface area contributed by atoms with Crippen LogP contribution in [-0.2, 0) is 9.84 Å². The Bertz CT molecular complexity index is 338. The van der Waals surface area contributed by atoms with Gasteiger partial charge >= 0.3 is 0 Å². The molecule has 0 bridgehead atoms. The van der Waals surface area contributed by atoms with Crippen molar-refractivity contribution in [1.29, 1.82) is 0 Å². The van der Waals surface area contributed by atoms with Gasteiger partial charge in [-0.25, -0.2) is 13.4 Å². The lowest BCUT2D eigenvalue weighted by molar-refractivity contribution is 0.444. The van der Waals surface area contributed by atoms with Gasteiger partial charge in [0.15, 0.2) is 0 Å². The van der Waals surface area contributed by atoms with Crippen molar-refractivity contribution in [3.05, 3.63) is 11.1 Å². The van der Waals surface area contributed by atoms with Gasteiger partial charge in [0.05, 0.1) is 11.1 Å². The minimum atomic E-state index is -3.16. The van der Waals surface area contributed by atoms with Gasteiger partial charge < -0.3 is 4.90 Å². The Labute approximate surface area is 72.5 Å². The molecule has 0 aliphatic carbocycles. The largest absolute Gasteiger partial charge is 0.304 e. The minimum absolute atomic E-state index is 0.194. The number of sulfone groups is 1. The third-order valence-corrected chi connectivity index (χ3v) is 2.98. The third kappa shape index (κ3) is 1.92. The first kappa shape index (κ1) is 9.41. The molecule has 4 nitrogen and oxygen atoms in total. The summed E-state index contributed by atoms with van der Waals surface area (Å²) in [5.41, 5.74) is 0.609. The molecule has 12 heavy (non-hydrogen) atoms. The molecule has 0 aromatic carbocycles. The van der Waals surface area contributed by atoms with Gasteiger partial charge in [-0.2, -0.15) is 0 Å². The molecule has 0 atom stereocenters. The Morgan fingerprint density at radius 3 is 2.42 bits per heavy atom. The maximum atomic E-state index is 11.1. The van der Waals surface area contributed by atoms with Gasteiger partial charge in [-0.1, -0.05) is 0 Å². The van der Waals surface area contributed by atoms with Crippen molar-refractivity contribution in [1.82, 2.24) is 4.90 Å². The predicted molar refractivity (Wildman–Crippen MR) is 48.7 cm³/mol. The number of likely N-dealkylation sites (N-methyl/N-ethyl adjacent to an activating group) is 1. The third-order valence-electron chi connectivity index (χ3n) is 1.48. The van der Waals surface area contributed by atoms with E-state index in [0.29, 0.717) is 12.2 Å². The molecule has 5 heteroatoms. The van der Waals surface area contributed by atoms with Crippen LogP contribution < -0.4 is 0 Å². The van der Waals surface area contributed by atoms with E-state index in [1.165, 1.54) is 12.3 Å². The molecule has 0 saturated heterocycles. The summed E-state index contributed by atoms with van der Waals surface area (Å²) in [6, 6.07) is 0. The smallest absolute Gasteiger partial charge is 0.214 e. The van der Waals surface area contributed by atoms with Gasteiger partial charge in [-0.15, -0.1) is 0 Å². The summed E-state index contributed by atoms with van der Waals surface area (Å²) in [7, 11) is 0.585. The fourth-order valence-corrected chi connectivity index (χ4v) is 1.85. The van der Waals surface area contributed by atoms with Gasteiger partial charge in [-0.05, 0) is 21.0 Å². The van der Waals surface area contributed by atoms with E-state index in [1.54, 1.807) is 0 Å². The summed E-state index contributed by atoms with van der Waals surface area (Å²) in [4.78, 5) is 5.81. The van der Waals surface area contributed by atoms with E-state index >= 15 is 0 Å². The standard InChI is InChI=1S/C7H12N2O2S/c1-6-8-7(4-9(2)3)5-12(6,10)11/h5H,4H2,1-3H3. The highest BCUT2D eigenvalue weighted by molar-refractivity contribution is 8.09. The summed E-state index contributed by atoms with van der Waals surface area (Å²) >= 11 is 0. The molecule has 0 unspecified atom stereocenters. The van der Waals surface area contributed by atoms with Crippen molar-refractivity contribution in [3.63, 3.8) is 0 Å². The fourth-order valence-electron chi connectivity index (χ4n) is 0.953. The highest BCUT2D eigenvalue weighted by Crippen LogP contribution is 2.14. The first-order chi connectivity index (χ1) is 5.42. The van der Waals surface area contributed by atoms with Gasteiger partial charge in [0.25, 0.3) is 0 Å². The van der Waals surface area contributed by atoms with Crippen LogP contribution in [0.2, 0.25) is 0 Å². The number of aliphatic imine (C=N–C) groups is 1. The van der Waals surface area contributed by atoms with E-state index in [1.807, 2.05) is 19.0 Å². The molecular weight excluding hydrogens is 176 g/mol. The van der Waals surface area contributed by atoms with Crippen LogP contribution in [0.1, 0.15) is 6.92 Å². The maximum absolute atomic E-state index is 11.1. The second-order valence-electron chi connectivity index (χ2n) is 3.02. The van der Waals surface area contributed by atoms with Crippen molar-refractivity contribution >= 4 is 14.9 Å². The van der Waals surface area contributed by atoms with Crippen molar-refractivity contribution in [2.45, 2.75) is 6.92 Å². The van der Waals surface area contributed by atoms with Crippen LogP contribution in [0.3, 0.4) is 0 Å². The zero-order valence-electron chi connectivity index (χ0n) is 7.40. The Kier molecular flexibility index (Phi) is 2.34. The van der Waals surface area contributed by atoms with Crippen LogP contribution >= 0.6 is 0 Å². The molecule has 1 rings (SSSR count). The molecule has 0 fully saturated rings. The second-order valence-corrected chi connectivity index (χ2v) is 4.94. The lowest BCUT2D eigenvalue weighted by atomic mass is 10.5. The normalized spacial score (nSPS) is 21.0. The lowest BCUT2D eigenvalue weighted by Gasteiger charge is -2.06. The first-order valence-electron chi connectivity index (χ1n) is 3.57. The summed E-state index contributed by atoms with van der Waals surface area (Å²) in [5.74, 6) is 0. The first-order valence-corrected chi connectivity index (χ1v) is 5.12. The Morgan fingerprint density at radius 2 is 2.08 bits per heavy atom. The molecule has 0 aromatic heterocycles. The molecule has 0 amide bonds. The van der Waals surface area contributed by atoms with Crippen molar-refractivity contribution < 1.29 is 8.42 Å². The molecule has 0 aromatic rings. The highest BCUT2D eigenvalue weighted by Gasteiger charge is 2.20. The van der Waals surface area contributed by atoms with E-state index < -0.39 is 9.84 Å². The molecule has 0 saturated carbocycles. The molecule has 0 radical (unpaired) electrons. The molecule has 0 spiro atoms. The van der Waals surface area contributed by atoms with Crippen LogP contribution in [-0.4, -0.2) is 39.0 Å². The molecule has 68 valence electrons. The van der Waals surface area contributed by atoms with Crippen LogP contribution in [0.4, 0.5) is 0 Å². The maximum Gasteiger partial charge on any atom is 0.214 e. The summed E-state index contributed by atoms with van der Waals surface area (Å²) in [5, 5.41) is 1.42. The zero-order valence-corrected chi connectivity index (χ0v) is 8.22. The van der Waals surface area contributed by atoms with E-state index in [-0.39, 0.29) is 5.04 Å². The van der Waals surface area contributed by atoms with Crippen LogP contribution in [0.25, 0.3) is 0 Å². The molecule has 0 N–H and O–H groups in total. The van der Waals surface area contributed by atoms with Crippen molar-refractivity contribution in [2.75, 3.05) is 20.6 Å². The number of rotatable bonds is 2. The number of nitrogens with zero attached hydrogens (tertiary/aromatic N) is 2. The van der Waals surface area contributed by atoms with Gasteiger partial charge in [0.1, 0.15) is 5.04 Å². The zero-order chi connectivity index (χ0) is 9.35. The highest BCUT2D eigenvalue weighted by atomic mass is 32.2. The lowest BCUT2D eigenvalue weighted by Crippen LogP contribution is -2.13. The minimum Gasteiger partial charge on any atom is -0.304 e. The van der Waals surface area contributed by atoms with E-state index in [9.17, 15) is 8.42 Å². The molecular formula is C7H12N2O2S. The van der Waals surface area contributed by atoms with Crippen LogP contribution in [0.15, 0.2) is 16.1 Å². The summed E-state index contributed by atoms with van der Waals surface area (Å²) < 4.78 is 22.3. The predicted octanol–water partition coefficient (Wildman–Crippen LogP) is 0.236. The van der Waals surface area contributed by atoms with Gasteiger partial charge in [0, 0.05) is 6.54 Å². The van der Waals surface area contributed by atoms with Gasteiger partial charge in [-0.3, -0.25) is 0 Å². The molecule has 1 heterocycles. The van der Waals surface area contributed by atoms with E-state index in [0.717, 1.165) is 0 Å². The van der Waals surface area contributed by atoms with Crippen molar-refractivity contribution in [3.8, 4) is 0 Å². The SMILES string of the molecule is CC1=NC(CN(C)C)=CS1(=O)=O. The Balaban J connectivity index is 2.87. The molecule has 1 aliphatic heterocycles. The fraction of sp³-hybridized carbons (Fsp3) is 0.571.